The first-order valence-electron chi connectivity index (χ1n) is 9.33. The summed E-state index contributed by atoms with van der Waals surface area (Å²) in [6.45, 7) is 3.83. The zero-order valence-corrected chi connectivity index (χ0v) is 19.6. The molecule has 3 rings (SSSR count). The maximum atomic E-state index is 13.1. The second kappa shape index (κ2) is 11.5. The van der Waals surface area contributed by atoms with E-state index < -0.39 is 0 Å². The number of halogens is 2. The number of anilines is 1. The third-order valence-electron chi connectivity index (χ3n) is 4.14. The molecule has 0 unspecified atom stereocenters. The van der Waals surface area contributed by atoms with Crippen molar-refractivity contribution in [2.75, 3.05) is 44.4 Å². The fourth-order valence-corrected chi connectivity index (χ4v) is 4.46. The lowest BCUT2D eigenvalue weighted by Crippen LogP contribution is -2.37. The van der Waals surface area contributed by atoms with Gasteiger partial charge in [-0.3, -0.25) is 9.69 Å². The van der Waals surface area contributed by atoms with E-state index in [-0.39, 0.29) is 29.9 Å². The number of hydrogen-bond acceptors (Lipinski definition) is 6. The van der Waals surface area contributed by atoms with Crippen LogP contribution in [0.5, 0.6) is 5.75 Å². The summed E-state index contributed by atoms with van der Waals surface area (Å²) >= 11 is 2.88. The van der Waals surface area contributed by atoms with Gasteiger partial charge in [-0.05, 0) is 63.5 Å². The zero-order chi connectivity index (χ0) is 20.8. The number of ether oxygens (including phenoxy) is 1. The highest BCUT2D eigenvalue weighted by Gasteiger charge is 2.20. The predicted octanol–water partition coefficient (Wildman–Crippen LogP) is 4.94. The molecule has 1 heterocycles. The van der Waals surface area contributed by atoms with Gasteiger partial charge in [0, 0.05) is 18.0 Å². The molecule has 162 valence electrons. The summed E-state index contributed by atoms with van der Waals surface area (Å²) in [5, 5.41) is 0.681. The molecule has 0 saturated carbocycles. The van der Waals surface area contributed by atoms with E-state index in [1.165, 1.54) is 35.2 Å². The van der Waals surface area contributed by atoms with Crippen molar-refractivity contribution >= 4 is 56.8 Å². The van der Waals surface area contributed by atoms with Gasteiger partial charge in [0.2, 0.25) is 5.91 Å². The summed E-state index contributed by atoms with van der Waals surface area (Å²) in [5.74, 6) is 0.756. The third kappa shape index (κ3) is 6.57. The van der Waals surface area contributed by atoms with Crippen LogP contribution in [0.1, 0.15) is 6.92 Å². The quantitative estimate of drug-likeness (QED) is 0.415. The Labute approximate surface area is 190 Å². The Morgan fingerprint density at radius 2 is 1.90 bits per heavy atom. The van der Waals surface area contributed by atoms with Crippen LogP contribution >= 0.6 is 35.5 Å². The number of likely N-dealkylation sites (N-methyl/N-ethyl adjacent to an activating group) is 1. The summed E-state index contributed by atoms with van der Waals surface area (Å²) in [6, 6.07) is 11.9. The van der Waals surface area contributed by atoms with Crippen molar-refractivity contribution in [1.82, 2.24) is 9.88 Å². The molecule has 1 amide bonds. The van der Waals surface area contributed by atoms with Crippen LogP contribution in [0.4, 0.5) is 9.52 Å². The van der Waals surface area contributed by atoms with Crippen LogP contribution in [-0.4, -0.2) is 55.3 Å². The van der Waals surface area contributed by atoms with Crippen molar-refractivity contribution in [3.63, 3.8) is 0 Å². The van der Waals surface area contributed by atoms with Gasteiger partial charge in [0.15, 0.2) is 5.13 Å². The number of amides is 1. The maximum absolute atomic E-state index is 13.1. The van der Waals surface area contributed by atoms with Gasteiger partial charge in [0.1, 0.15) is 11.6 Å². The molecular weight excluding hydrogens is 445 g/mol. The van der Waals surface area contributed by atoms with E-state index in [1.807, 2.05) is 44.1 Å². The molecule has 3 aromatic rings. The molecule has 0 radical (unpaired) electrons. The summed E-state index contributed by atoms with van der Waals surface area (Å²) in [6.07, 6.45) is 0. The number of carbonyl (C=O) groups excluding carboxylic acids is 1. The highest BCUT2D eigenvalue weighted by molar-refractivity contribution is 8.00. The van der Waals surface area contributed by atoms with Crippen LogP contribution in [0.15, 0.2) is 47.4 Å². The van der Waals surface area contributed by atoms with Gasteiger partial charge in [-0.2, -0.15) is 0 Å². The lowest BCUT2D eigenvalue weighted by molar-refractivity contribution is -0.116. The zero-order valence-electron chi connectivity index (χ0n) is 17.1. The molecule has 2 aromatic carbocycles. The number of aromatic nitrogens is 1. The van der Waals surface area contributed by atoms with Crippen molar-refractivity contribution in [2.45, 2.75) is 11.8 Å². The number of nitrogens with zero attached hydrogens (tertiary/aromatic N) is 3. The lowest BCUT2D eigenvalue weighted by atomic mass is 10.3. The van der Waals surface area contributed by atoms with Gasteiger partial charge >= 0.3 is 0 Å². The summed E-state index contributed by atoms with van der Waals surface area (Å²) in [7, 11) is 3.95. The molecule has 30 heavy (non-hydrogen) atoms. The van der Waals surface area contributed by atoms with Gasteiger partial charge < -0.3 is 9.64 Å². The minimum absolute atomic E-state index is 0. The van der Waals surface area contributed by atoms with Crippen molar-refractivity contribution in [1.29, 1.82) is 0 Å². The average Bonchev–Trinajstić information content (AvgIpc) is 3.10. The van der Waals surface area contributed by atoms with E-state index in [9.17, 15) is 9.18 Å². The van der Waals surface area contributed by atoms with E-state index in [2.05, 4.69) is 4.98 Å². The van der Waals surface area contributed by atoms with Gasteiger partial charge in [0.05, 0.1) is 22.6 Å². The maximum Gasteiger partial charge on any atom is 0.239 e. The normalized spacial score (nSPS) is 10.8. The minimum Gasteiger partial charge on any atom is -0.494 e. The summed E-state index contributed by atoms with van der Waals surface area (Å²) in [4.78, 5) is 22.3. The Morgan fingerprint density at radius 1 is 1.17 bits per heavy atom. The highest BCUT2D eigenvalue weighted by Crippen LogP contribution is 2.32. The molecule has 0 spiro atoms. The van der Waals surface area contributed by atoms with E-state index in [1.54, 1.807) is 17.0 Å². The molecule has 0 N–H and O–H groups in total. The first kappa shape index (κ1) is 24.4. The molecular formula is C21H25ClFN3O2S2. The van der Waals surface area contributed by atoms with Crippen LogP contribution < -0.4 is 9.64 Å². The fourth-order valence-electron chi connectivity index (χ4n) is 2.65. The van der Waals surface area contributed by atoms with Crippen molar-refractivity contribution < 1.29 is 13.9 Å². The monoisotopic (exact) mass is 469 g/mol. The Bertz CT molecular complexity index is 967. The number of rotatable bonds is 9. The van der Waals surface area contributed by atoms with Crippen LogP contribution in [-0.2, 0) is 4.79 Å². The molecule has 9 heteroatoms. The highest BCUT2D eigenvalue weighted by atomic mass is 35.5. The third-order valence-corrected chi connectivity index (χ3v) is 6.18. The standard InChI is InChI=1S/C21H24FN3O2S2.ClH/c1-4-27-16-7-10-18-19(13-16)29-21(23-18)25(12-11-24(2)3)20(26)14-28-17-8-5-15(22)6-9-17;/h5-10,13H,4,11-12,14H2,1-3H3;1H. The molecule has 0 aliphatic heterocycles. The smallest absolute Gasteiger partial charge is 0.239 e. The second-order valence-electron chi connectivity index (χ2n) is 6.65. The number of thiazole rings is 1. The van der Waals surface area contributed by atoms with Gasteiger partial charge in [0.25, 0.3) is 0 Å². The van der Waals surface area contributed by atoms with Gasteiger partial charge in [-0.25, -0.2) is 9.37 Å². The molecule has 0 atom stereocenters. The molecule has 0 aliphatic rings. The van der Waals surface area contributed by atoms with Crippen LogP contribution in [0.3, 0.4) is 0 Å². The Hall–Kier alpha value is -1.87. The van der Waals surface area contributed by atoms with Gasteiger partial charge in [-0.1, -0.05) is 11.3 Å². The molecule has 0 bridgehead atoms. The number of hydrogen-bond donors (Lipinski definition) is 0. The predicted molar refractivity (Wildman–Crippen MR) is 126 cm³/mol. The Kier molecular flexibility index (Phi) is 9.36. The SMILES string of the molecule is CCOc1ccc2nc(N(CCN(C)C)C(=O)CSc3ccc(F)cc3)sc2c1.Cl. The number of benzene rings is 2. The van der Waals surface area contributed by atoms with E-state index in [4.69, 9.17) is 4.74 Å². The number of carbonyl (C=O) groups is 1. The molecule has 5 nitrogen and oxygen atoms in total. The van der Waals surface area contributed by atoms with Crippen LogP contribution in [0.2, 0.25) is 0 Å². The lowest BCUT2D eigenvalue weighted by Gasteiger charge is -2.21. The van der Waals surface area contributed by atoms with Crippen molar-refractivity contribution in [3.8, 4) is 5.75 Å². The summed E-state index contributed by atoms with van der Waals surface area (Å²) < 4.78 is 19.6. The molecule has 0 fully saturated rings. The number of thioether (sulfide) groups is 1. The van der Waals surface area contributed by atoms with Crippen LogP contribution in [0, 0.1) is 5.82 Å². The Morgan fingerprint density at radius 3 is 2.57 bits per heavy atom. The second-order valence-corrected chi connectivity index (χ2v) is 8.71. The Balaban J connectivity index is 0.00000320. The van der Waals surface area contributed by atoms with E-state index in [0.717, 1.165) is 27.4 Å². The molecule has 0 aliphatic carbocycles. The van der Waals surface area contributed by atoms with Crippen molar-refractivity contribution in [3.05, 3.63) is 48.3 Å². The molecule has 1 aromatic heterocycles. The van der Waals surface area contributed by atoms with Crippen LogP contribution in [0.25, 0.3) is 10.2 Å². The summed E-state index contributed by atoms with van der Waals surface area (Å²) in [5.41, 5.74) is 0.849. The molecule has 0 saturated heterocycles. The van der Waals surface area contributed by atoms with E-state index in [0.29, 0.717) is 18.3 Å². The van der Waals surface area contributed by atoms with E-state index >= 15 is 0 Å². The minimum atomic E-state index is -0.283. The van der Waals surface area contributed by atoms with Gasteiger partial charge in [-0.15, -0.1) is 24.2 Å². The first-order chi connectivity index (χ1) is 14.0. The average molecular weight is 470 g/mol. The van der Waals surface area contributed by atoms with Crippen molar-refractivity contribution in [2.24, 2.45) is 0 Å². The first-order valence-corrected chi connectivity index (χ1v) is 11.1. The fraction of sp³-hybridized carbons (Fsp3) is 0.333. The topological polar surface area (TPSA) is 45.7 Å². The largest absolute Gasteiger partial charge is 0.494 e. The number of fused-ring (bicyclic) bond motifs is 1.